The third kappa shape index (κ3) is 4.14. The molecule has 0 spiro atoms. The zero-order chi connectivity index (χ0) is 17.8. The summed E-state index contributed by atoms with van der Waals surface area (Å²) < 4.78 is 5.19. The van der Waals surface area contributed by atoms with Crippen LogP contribution in [-0.2, 0) is 24.3 Å². The van der Waals surface area contributed by atoms with Gasteiger partial charge < -0.3 is 9.42 Å². The number of benzene rings is 1. The lowest BCUT2D eigenvalue weighted by Gasteiger charge is -2.22. The van der Waals surface area contributed by atoms with Crippen molar-refractivity contribution in [3.63, 3.8) is 0 Å². The van der Waals surface area contributed by atoms with Gasteiger partial charge in [-0.25, -0.2) is 4.98 Å². The van der Waals surface area contributed by atoms with Crippen molar-refractivity contribution in [3.05, 3.63) is 69.0 Å². The van der Waals surface area contributed by atoms with Gasteiger partial charge in [0.1, 0.15) is 5.76 Å². The number of hydrogen-bond donors (Lipinski definition) is 0. The van der Waals surface area contributed by atoms with Crippen LogP contribution in [-0.4, -0.2) is 20.9 Å². The van der Waals surface area contributed by atoms with Crippen LogP contribution >= 0.6 is 11.3 Å². The summed E-state index contributed by atoms with van der Waals surface area (Å²) in [5.74, 6) is 0.769. The first kappa shape index (κ1) is 17.4. The minimum absolute atomic E-state index is 0.0612. The lowest BCUT2D eigenvalue weighted by Crippen LogP contribution is -2.31. The van der Waals surface area contributed by atoms with Gasteiger partial charge in [0.2, 0.25) is 5.91 Å². The number of rotatable bonds is 6. The second kappa shape index (κ2) is 7.61. The van der Waals surface area contributed by atoms with Crippen molar-refractivity contribution in [3.8, 4) is 0 Å². The van der Waals surface area contributed by atoms with E-state index in [-0.39, 0.29) is 5.91 Å². The first-order valence-electron chi connectivity index (χ1n) is 8.17. The molecular formula is C19H21N3O2S. The van der Waals surface area contributed by atoms with E-state index >= 15 is 0 Å². The zero-order valence-electron chi connectivity index (χ0n) is 14.7. The maximum atomic E-state index is 13.0. The predicted octanol–water partition coefficient (Wildman–Crippen LogP) is 3.83. The van der Waals surface area contributed by atoms with Crippen molar-refractivity contribution in [1.29, 1.82) is 0 Å². The molecule has 3 aromatic rings. The average molecular weight is 355 g/mol. The highest BCUT2D eigenvalue weighted by Crippen LogP contribution is 2.20. The van der Waals surface area contributed by atoms with Crippen LogP contribution in [0.4, 0.5) is 0 Å². The minimum Gasteiger partial charge on any atom is -0.361 e. The van der Waals surface area contributed by atoms with E-state index in [1.807, 2.05) is 61.5 Å². The molecule has 0 radical (unpaired) electrons. The molecule has 130 valence electrons. The summed E-state index contributed by atoms with van der Waals surface area (Å²) in [5.41, 5.74) is 5.57. The minimum atomic E-state index is 0.0612. The molecule has 0 aliphatic carbocycles. The highest BCUT2D eigenvalue weighted by Gasteiger charge is 2.20. The van der Waals surface area contributed by atoms with Crippen LogP contribution in [0.15, 0.2) is 40.4 Å². The summed E-state index contributed by atoms with van der Waals surface area (Å²) in [6.45, 7) is 6.82. The molecule has 0 saturated carbocycles. The summed E-state index contributed by atoms with van der Waals surface area (Å²) in [6, 6.07) is 10.0. The number of hydrogen-bond acceptors (Lipinski definition) is 5. The molecule has 0 aliphatic heterocycles. The maximum Gasteiger partial charge on any atom is 0.227 e. The van der Waals surface area contributed by atoms with Gasteiger partial charge in [0, 0.05) is 17.0 Å². The molecule has 0 N–H and O–H groups in total. The van der Waals surface area contributed by atoms with E-state index in [2.05, 4.69) is 10.1 Å². The van der Waals surface area contributed by atoms with Crippen LogP contribution in [0.5, 0.6) is 0 Å². The highest BCUT2D eigenvalue weighted by atomic mass is 32.1. The number of amides is 1. The first-order chi connectivity index (χ1) is 12.0. The lowest BCUT2D eigenvalue weighted by atomic mass is 10.1. The third-order valence-corrected chi connectivity index (χ3v) is 5.18. The molecule has 5 nitrogen and oxygen atoms in total. The topological polar surface area (TPSA) is 59.2 Å². The van der Waals surface area contributed by atoms with Gasteiger partial charge in [-0.3, -0.25) is 4.79 Å². The molecule has 25 heavy (non-hydrogen) atoms. The quantitative estimate of drug-likeness (QED) is 0.674. The summed E-state index contributed by atoms with van der Waals surface area (Å²) in [5, 5.41) is 3.95. The number of nitrogens with zero attached hydrogens (tertiary/aromatic N) is 3. The Bertz CT molecular complexity index is 835. The molecule has 1 aromatic carbocycles. The molecule has 0 aliphatic rings. The average Bonchev–Trinajstić information content (AvgIpc) is 3.15. The van der Waals surface area contributed by atoms with E-state index in [4.69, 9.17) is 4.52 Å². The molecular weight excluding hydrogens is 334 g/mol. The second-order valence-corrected chi connectivity index (χ2v) is 7.02. The fraction of sp³-hybridized carbons (Fsp3) is 0.316. The SMILES string of the molecule is Cc1ncsc1CN(Cc1ccccc1)C(=O)Cc1c(C)noc1C. The Labute approximate surface area is 151 Å². The van der Waals surface area contributed by atoms with Crippen molar-refractivity contribution in [2.24, 2.45) is 0 Å². The van der Waals surface area contributed by atoms with Crippen LogP contribution < -0.4 is 0 Å². The van der Waals surface area contributed by atoms with E-state index in [1.54, 1.807) is 11.3 Å². The number of carbonyl (C=O) groups is 1. The lowest BCUT2D eigenvalue weighted by molar-refractivity contribution is -0.131. The van der Waals surface area contributed by atoms with Crippen molar-refractivity contribution >= 4 is 17.2 Å². The number of carbonyl (C=O) groups excluding carboxylic acids is 1. The number of aryl methyl sites for hydroxylation is 3. The van der Waals surface area contributed by atoms with Gasteiger partial charge in [-0.15, -0.1) is 11.3 Å². The van der Waals surface area contributed by atoms with Crippen molar-refractivity contribution < 1.29 is 9.32 Å². The molecule has 3 rings (SSSR count). The number of thiazole rings is 1. The van der Waals surface area contributed by atoms with Gasteiger partial charge >= 0.3 is 0 Å². The Morgan fingerprint density at radius 2 is 1.88 bits per heavy atom. The van der Waals surface area contributed by atoms with E-state index in [9.17, 15) is 4.79 Å². The Hall–Kier alpha value is -2.47. The maximum absolute atomic E-state index is 13.0. The van der Waals surface area contributed by atoms with Gasteiger partial charge in [-0.2, -0.15) is 0 Å². The van der Waals surface area contributed by atoms with Crippen molar-refractivity contribution in [1.82, 2.24) is 15.0 Å². The van der Waals surface area contributed by atoms with Gasteiger partial charge in [0.05, 0.1) is 29.9 Å². The molecule has 0 bridgehead atoms. The standard InChI is InChI=1S/C19H21N3O2S/c1-13-17(15(3)24-21-13)9-19(23)22(10-16-7-5-4-6-8-16)11-18-14(2)20-12-25-18/h4-8,12H,9-11H2,1-3H3. The van der Waals surface area contributed by atoms with Gasteiger partial charge in [0.25, 0.3) is 0 Å². The van der Waals surface area contributed by atoms with Crippen LogP contribution in [0.2, 0.25) is 0 Å². The van der Waals surface area contributed by atoms with Crippen molar-refractivity contribution in [2.45, 2.75) is 40.3 Å². The second-order valence-electron chi connectivity index (χ2n) is 6.08. The molecule has 0 unspecified atom stereocenters. The van der Waals surface area contributed by atoms with E-state index in [0.717, 1.165) is 27.4 Å². The summed E-state index contributed by atoms with van der Waals surface area (Å²) in [7, 11) is 0. The molecule has 2 aromatic heterocycles. The normalized spacial score (nSPS) is 10.8. The summed E-state index contributed by atoms with van der Waals surface area (Å²) >= 11 is 1.58. The first-order valence-corrected chi connectivity index (χ1v) is 9.05. The van der Waals surface area contributed by atoms with Crippen LogP contribution in [0.1, 0.15) is 33.2 Å². The van der Waals surface area contributed by atoms with Gasteiger partial charge in [-0.05, 0) is 26.3 Å². The zero-order valence-corrected chi connectivity index (χ0v) is 15.5. The largest absolute Gasteiger partial charge is 0.361 e. The van der Waals surface area contributed by atoms with E-state index < -0.39 is 0 Å². The van der Waals surface area contributed by atoms with Gasteiger partial charge in [-0.1, -0.05) is 35.5 Å². The van der Waals surface area contributed by atoms with E-state index in [1.165, 1.54) is 0 Å². The third-order valence-electron chi connectivity index (χ3n) is 4.26. The smallest absolute Gasteiger partial charge is 0.227 e. The van der Waals surface area contributed by atoms with Crippen LogP contribution in [0, 0.1) is 20.8 Å². The molecule has 1 amide bonds. The summed E-state index contributed by atoms with van der Waals surface area (Å²) in [6.07, 6.45) is 0.297. The Morgan fingerprint density at radius 3 is 2.48 bits per heavy atom. The highest BCUT2D eigenvalue weighted by molar-refractivity contribution is 7.09. The molecule has 6 heteroatoms. The monoisotopic (exact) mass is 355 g/mol. The molecule has 2 heterocycles. The Kier molecular flexibility index (Phi) is 5.28. The summed E-state index contributed by atoms with van der Waals surface area (Å²) in [4.78, 5) is 20.3. The van der Waals surface area contributed by atoms with Crippen LogP contribution in [0.25, 0.3) is 0 Å². The molecule has 0 fully saturated rings. The van der Waals surface area contributed by atoms with Gasteiger partial charge in [0.15, 0.2) is 0 Å². The number of aromatic nitrogens is 2. The predicted molar refractivity (Wildman–Crippen MR) is 97.2 cm³/mol. The molecule has 0 atom stereocenters. The van der Waals surface area contributed by atoms with E-state index in [0.29, 0.717) is 25.3 Å². The Balaban J connectivity index is 1.82. The fourth-order valence-electron chi connectivity index (χ4n) is 2.70. The Morgan fingerprint density at radius 1 is 1.12 bits per heavy atom. The van der Waals surface area contributed by atoms with Crippen molar-refractivity contribution in [2.75, 3.05) is 0 Å². The van der Waals surface area contributed by atoms with Crippen LogP contribution in [0.3, 0.4) is 0 Å². The molecule has 0 saturated heterocycles. The fourth-order valence-corrected chi connectivity index (χ4v) is 3.50.